The minimum absolute atomic E-state index is 0. The van der Waals surface area contributed by atoms with Gasteiger partial charge in [-0.3, -0.25) is 4.99 Å². The number of halogens is 1. The fourth-order valence-corrected chi connectivity index (χ4v) is 1.67. The maximum Gasteiger partial charge on any atom is 0.191 e. The second-order valence-corrected chi connectivity index (χ2v) is 5.55. The molecule has 0 aromatic heterocycles. The van der Waals surface area contributed by atoms with E-state index in [9.17, 15) is 0 Å². The molecule has 0 unspecified atom stereocenters. The van der Waals surface area contributed by atoms with Crippen molar-refractivity contribution < 1.29 is 4.74 Å². The Hall–Kier alpha value is -0.820. The monoisotopic (exact) mass is 405 g/mol. The second-order valence-electron chi connectivity index (χ2n) is 5.55. The minimum Gasteiger partial charge on any atom is -0.377 e. The van der Waals surface area contributed by atoms with Gasteiger partial charge in [0.25, 0.3) is 0 Å². The van der Waals surface area contributed by atoms with Gasteiger partial charge in [0.05, 0.1) is 5.60 Å². The SMILES string of the molecule is CN=C(NCCc1ccc(C)cc1)NCC(C)(C)OC.I. The Morgan fingerprint density at radius 1 is 1.19 bits per heavy atom. The van der Waals surface area contributed by atoms with Crippen LogP contribution in [0.4, 0.5) is 0 Å². The zero-order valence-electron chi connectivity index (χ0n) is 13.7. The number of methoxy groups -OCH3 is 1. The Morgan fingerprint density at radius 3 is 2.33 bits per heavy atom. The van der Waals surface area contributed by atoms with Crippen molar-refractivity contribution in [1.29, 1.82) is 0 Å². The number of hydrogen-bond acceptors (Lipinski definition) is 2. The Balaban J connectivity index is 0.00000400. The molecule has 1 rings (SSSR count). The third-order valence-corrected chi connectivity index (χ3v) is 3.28. The number of guanidine groups is 1. The van der Waals surface area contributed by atoms with Crippen LogP contribution in [0, 0.1) is 6.92 Å². The molecule has 0 atom stereocenters. The first-order chi connectivity index (χ1) is 9.46. The maximum absolute atomic E-state index is 5.37. The fraction of sp³-hybridized carbons (Fsp3) is 0.562. The summed E-state index contributed by atoms with van der Waals surface area (Å²) in [6, 6.07) is 8.62. The van der Waals surface area contributed by atoms with Crippen LogP contribution in [0.25, 0.3) is 0 Å². The third kappa shape index (κ3) is 8.26. The Bertz CT molecular complexity index is 430. The molecule has 120 valence electrons. The summed E-state index contributed by atoms with van der Waals surface area (Å²) in [5.74, 6) is 0.808. The first-order valence-electron chi connectivity index (χ1n) is 7.02. The van der Waals surface area contributed by atoms with Gasteiger partial charge in [0, 0.05) is 27.2 Å². The standard InChI is InChI=1S/C16H27N3O.HI/c1-13-6-8-14(9-7-13)10-11-18-15(17-4)19-12-16(2,3)20-5;/h6-9H,10-12H2,1-5H3,(H2,17,18,19);1H. The van der Waals surface area contributed by atoms with Crippen LogP contribution in [-0.2, 0) is 11.2 Å². The van der Waals surface area contributed by atoms with Crippen LogP contribution in [0.1, 0.15) is 25.0 Å². The predicted molar refractivity (Wildman–Crippen MR) is 101 cm³/mol. The van der Waals surface area contributed by atoms with Crippen molar-refractivity contribution >= 4 is 29.9 Å². The summed E-state index contributed by atoms with van der Waals surface area (Å²) in [5.41, 5.74) is 2.42. The summed E-state index contributed by atoms with van der Waals surface area (Å²) >= 11 is 0. The van der Waals surface area contributed by atoms with Gasteiger partial charge in [0.2, 0.25) is 0 Å². The van der Waals surface area contributed by atoms with Crippen molar-refractivity contribution in [2.75, 3.05) is 27.2 Å². The molecule has 0 saturated carbocycles. The summed E-state index contributed by atoms with van der Waals surface area (Å²) < 4.78 is 5.37. The van der Waals surface area contributed by atoms with E-state index < -0.39 is 0 Å². The van der Waals surface area contributed by atoms with Crippen LogP contribution in [0.15, 0.2) is 29.3 Å². The number of benzene rings is 1. The number of nitrogens with zero attached hydrogens (tertiary/aromatic N) is 1. The van der Waals surface area contributed by atoms with Crippen LogP contribution in [0.2, 0.25) is 0 Å². The second kappa shape index (κ2) is 10.00. The van der Waals surface area contributed by atoms with Gasteiger partial charge < -0.3 is 15.4 Å². The van der Waals surface area contributed by atoms with E-state index in [1.165, 1.54) is 11.1 Å². The van der Waals surface area contributed by atoms with Crippen molar-refractivity contribution in [2.24, 2.45) is 4.99 Å². The molecule has 0 fully saturated rings. The molecular formula is C16H28IN3O. The van der Waals surface area contributed by atoms with E-state index in [2.05, 4.69) is 46.8 Å². The van der Waals surface area contributed by atoms with Crippen LogP contribution < -0.4 is 10.6 Å². The zero-order valence-corrected chi connectivity index (χ0v) is 16.0. The first kappa shape index (κ1) is 20.2. The average Bonchev–Trinajstić information content (AvgIpc) is 2.44. The van der Waals surface area contributed by atoms with Gasteiger partial charge in [0.1, 0.15) is 0 Å². The van der Waals surface area contributed by atoms with Gasteiger partial charge in [-0.15, -0.1) is 24.0 Å². The highest BCUT2D eigenvalue weighted by Crippen LogP contribution is 2.05. The maximum atomic E-state index is 5.37. The van der Waals surface area contributed by atoms with Crippen molar-refractivity contribution in [2.45, 2.75) is 32.8 Å². The van der Waals surface area contributed by atoms with E-state index in [1.54, 1.807) is 14.2 Å². The van der Waals surface area contributed by atoms with E-state index >= 15 is 0 Å². The molecule has 0 aliphatic carbocycles. The van der Waals surface area contributed by atoms with Gasteiger partial charge in [-0.2, -0.15) is 0 Å². The molecule has 0 spiro atoms. The summed E-state index contributed by atoms with van der Waals surface area (Å²) in [7, 11) is 3.50. The van der Waals surface area contributed by atoms with Crippen molar-refractivity contribution in [3.05, 3.63) is 35.4 Å². The molecule has 2 N–H and O–H groups in total. The minimum atomic E-state index is -0.200. The Labute approximate surface area is 145 Å². The molecule has 0 heterocycles. The molecule has 0 aliphatic heterocycles. The third-order valence-electron chi connectivity index (χ3n) is 3.28. The topological polar surface area (TPSA) is 45.7 Å². The molecule has 0 aliphatic rings. The molecule has 4 nitrogen and oxygen atoms in total. The molecule has 0 amide bonds. The average molecular weight is 405 g/mol. The highest BCUT2D eigenvalue weighted by molar-refractivity contribution is 14.0. The number of nitrogens with one attached hydrogen (secondary N) is 2. The van der Waals surface area contributed by atoms with Crippen molar-refractivity contribution in [1.82, 2.24) is 10.6 Å². The Kier molecular flexibility index (Phi) is 9.61. The highest BCUT2D eigenvalue weighted by atomic mass is 127. The molecule has 0 bridgehead atoms. The molecule has 1 aromatic carbocycles. The molecule has 0 radical (unpaired) electrons. The summed E-state index contributed by atoms with van der Waals surface area (Å²) in [5, 5.41) is 6.58. The number of ether oxygens (including phenoxy) is 1. The lowest BCUT2D eigenvalue weighted by atomic mass is 10.1. The molecule has 5 heteroatoms. The van der Waals surface area contributed by atoms with Gasteiger partial charge in [-0.1, -0.05) is 29.8 Å². The Morgan fingerprint density at radius 2 is 1.81 bits per heavy atom. The van der Waals surface area contributed by atoms with Crippen molar-refractivity contribution in [3.63, 3.8) is 0 Å². The fourth-order valence-electron chi connectivity index (χ4n) is 1.67. The van der Waals surface area contributed by atoms with Gasteiger partial charge in [-0.25, -0.2) is 0 Å². The lowest BCUT2D eigenvalue weighted by Crippen LogP contribution is -2.45. The largest absolute Gasteiger partial charge is 0.377 e. The van der Waals surface area contributed by atoms with Crippen LogP contribution in [0.5, 0.6) is 0 Å². The number of aryl methyl sites for hydroxylation is 1. The van der Waals surface area contributed by atoms with Gasteiger partial charge >= 0.3 is 0 Å². The summed E-state index contributed by atoms with van der Waals surface area (Å²) in [6.07, 6.45) is 0.981. The predicted octanol–water partition coefficient (Wildman–Crippen LogP) is 2.75. The quantitative estimate of drug-likeness (QED) is 0.435. The van der Waals surface area contributed by atoms with Crippen molar-refractivity contribution in [3.8, 4) is 0 Å². The molecular weight excluding hydrogens is 377 g/mol. The number of rotatable bonds is 6. The van der Waals surface area contributed by atoms with Crippen LogP contribution in [0.3, 0.4) is 0 Å². The molecule has 21 heavy (non-hydrogen) atoms. The smallest absolute Gasteiger partial charge is 0.191 e. The van der Waals surface area contributed by atoms with Crippen LogP contribution >= 0.6 is 24.0 Å². The van der Waals surface area contributed by atoms with Gasteiger partial charge in [0.15, 0.2) is 5.96 Å². The summed E-state index contributed by atoms with van der Waals surface area (Å²) in [6.45, 7) is 7.76. The summed E-state index contributed by atoms with van der Waals surface area (Å²) in [4.78, 5) is 4.21. The lowest BCUT2D eigenvalue weighted by Gasteiger charge is -2.24. The van der Waals surface area contributed by atoms with E-state index in [-0.39, 0.29) is 29.6 Å². The lowest BCUT2D eigenvalue weighted by molar-refractivity contribution is 0.0268. The van der Waals surface area contributed by atoms with Crippen LogP contribution in [-0.4, -0.2) is 38.8 Å². The number of hydrogen-bond donors (Lipinski definition) is 2. The first-order valence-corrected chi connectivity index (χ1v) is 7.02. The zero-order chi connectivity index (χ0) is 15.0. The molecule has 0 saturated heterocycles. The van der Waals surface area contributed by atoms with E-state index in [1.807, 2.05) is 13.8 Å². The van der Waals surface area contributed by atoms with Gasteiger partial charge in [-0.05, 0) is 32.8 Å². The highest BCUT2D eigenvalue weighted by Gasteiger charge is 2.16. The van der Waals surface area contributed by atoms with E-state index in [0.717, 1.165) is 18.9 Å². The normalized spacial score (nSPS) is 11.8. The number of aliphatic imine (C=N–C) groups is 1. The van der Waals surface area contributed by atoms with E-state index in [4.69, 9.17) is 4.74 Å². The van der Waals surface area contributed by atoms with E-state index in [0.29, 0.717) is 6.54 Å². The molecule has 1 aromatic rings.